The molecule has 2 N–H and O–H groups in total. The van der Waals surface area contributed by atoms with E-state index in [1.807, 2.05) is 0 Å². The molecule has 30 heavy (non-hydrogen) atoms. The SMILES string of the molecule is CCN(CC)S(=O)(=O)c1ccc(NC(=O)C(C)Nc2ccccc2S(C)(=O)=O)cc1. The van der Waals surface area contributed by atoms with Crippen LogP contribution < -0.4 is 10.6 Å². The summed E-state index contributed by atoms with van der Waals surface area (Å²) in [5, 5.41) is 5.61. The number of nitrogens with zero attached hydrogens (tertiary/aromatic N) is 1. The van der Waals surface area contributed by atoms with Crippen molar-refractivity contribution in [1.82, 2.24) is 4.31 Å². The van der Waals surface area contributed by atoms with E-state index in [-0.39, 0.29) is 9.79 Å². The first kappa shape index (κ1) is 23.8. The minimum absolute atomic E-state index is 0.107. The van der Waals surface area contributed by atoms with Gasteiger partial charge in [0.2, 0.25) is 15.9 Å². The zero-order valence-corrected chi connectivity index (χ0v) is 19.0. The Morgan fingerprint density at radius 3 is 2.07 bits per heavy atom. The number of rotatable bonds is 9. The van der Waals surface area contributed by atoms with Crippen LogP contribution in [-0.4, -0.2) is 52.4 Å². The zero-order valence-electron chi connectivity index (χ0n) is 17.4. The number of amides is 1. The summed E-state index contributed by atoms with van der Waals surface area (Å²) in [6, 6.07) is 11.5. The van der Waals surface area contributed by atoms with Crippen LogP contribution in [0, 0.1) is 0 Å². The Labute approximate surface area is 178 Å². The van der Waals surface area contributed by atoms with E-state index in [2.05, 4.69) is 10.6 Å². The molecule has 2 rings (SSSR count). The van der Waals surface area contributed by atoms with Crippen molar-refractivity contribution >= 4 is 37.1 Å². The number of sulfone groups is 1. The third kappa shape index (κ3) is 5.59. The maximum absolute atomic E-state index is 12.5. The van der Waals surface area contributed by atoms with E-state index in [9.17, 15) is 21.6 Å². The Hall–Kier alpha value is -2.43. The normalized spacial score (nSPS) is 13.1. The van der Waals surface area contributed by atoms with Gasteiger partial charge < -0.3 is 10.6 Å². The summed E-state index contributed by atoms with van der Waals surface area (Å²) in [4.78, 5) is 12.8. The zero-order chi connectivity index (χ0) is 22.5. The Morgan fingerprint density at radius 1 is 0.967 bits per heavy atom. The maximum atomic E-state index is 12.5. The van der Waals surface area contributed by atoms with Gasteiger partial charge in [-0.1, -0.05) is 26.0 Å². The molecule has 0 saturated heterocycles. The number of benzene rings is 2. The summed E-state index contributed by atoms with van der Waals surface area (Å²) in [5.41, 5.74) is 0.770. The van der Waals surface area contributed by atoms with Crippen LogP contribution in [0.5, 0.6) is 0 Å². The summed E-state index contributed by atoms with van der Waals surface area (Å²) in [7, 11) is -7.02. The Bertz CT molecular complexity index is 1090. The topological polar surface area (TPSA) is 113 Å². The van der Waals surface area contributed by atoms with Crippen LogP contribution in [0.3, 0.4) is 0 Å². The van der Waals surface area contributed by atoms with E-state index in [4.69, 9.17) is 0 Å². The van der Waals surface area contributed by atoms with Gasteiger partial charge in [-0.15, -0.1) is 0 Å². The van der Waals surface area contributed by atoms with Gasteiger partial charge in [0.25, 0.3) is 0 Å². The number of hydrogen-bond donors (Lipinski definition) is 2. The monoisotopic (exact) mass is 453 g/mol. The molecular formula is C20H27N3O5S2. The summed E-state index contributed by atoms with van der Waals surface area (Å²) < 4.78 is 50.2. The van der Waals surface area contributed by atoms with Gasteiger partial charge in [0.1, 0.15) is 6.04 Å². The number of sulfonamides is 1. The number of hydrogen-bond acceptors (Lipinski definition) is 6. The lowest BCUT2D eigenvalue weighted by Crippen LogP contribution is -2.32. The van der Waals surface area contributed by atoms with Gasteiger partial charge in [-0.25, -0.2) is 16.8 Å². The first-order chi connectivity index (χ1) is 14.0. The van der Waals surface area contributed by atoms with Crippen LogP contribution in [0.2, 0.25) is 0 Å². The lowest BCUT2D eigenvalue weighted by atomic mass is 10.2. The molecule has 0 radical (unpaired) electrons. The van der Waals surface area contributed by atoms with Crippen molar-refractivity contribution in [2.24, 2.45) is 0 Å². The predicted octanol–water partition coefficient (Wildman–Crippen LogP) is 2.56. The molecule has 0 bridgehead atoms. The first-order valence-corrected chi connectivity index (χ1v) is 12.8. The fourth-order valence-electron chi connectivity index (χ4n) is 2.88. The third-order valence-electron chi connectivity index (χ3n) is 4.52. The van der Waals surface area contributed by atoms with Crippen molar-refractivity contribution in [3.8, 4) is 0 Å². The van der Waals surface area contributed by atoms with Crippen LogP contribution >= 0.6 is 0 Å². The Balaban J connectivity index is 2.12. The second-order valence-corrected chi connectivity index (χ2v) is 10.7. The number of nitrogens with one attached hydrogen (secondary N) is 2. The molecule has 2 aromatic carbocycles. The van der Waals surface area contributed by atoms with E-state index in [0.29, 0.717) is 24.5 Å². The third-order valence-corrected chi connectivity index (χ3v) is 7.74. The van der Waals surface area contributed by atoms with Crippen LogP contribution in [0.15, 0.2) is 58.3 Å². The first-order valence-electron chi connectivity index (χ1n) is 9.47. The highest BCUT2D eigenvalue weighted by atomic mass is 32.2. The predicted molar refractivity (Wildman–Crippen MR) is 118 cm³/mol. The maximum Gasteiger partial charge on any atom is 0.246 e. The molecule has 0 aliphatic heterocycles. The number of carbonyl (C=O) groups excluding carboxylic acids is 1. The van der Waals surface area contributed by atoms with Gasteiger partial charge >= 0.3 is 0 Å². The summed E-state index contributed by atoms with van der Waals surface area (Å²) >= 11 is 0. The quantitative estimate of drug-likeness (QED) is 0.603. The molecule has 0 aliphatic carbocycles. The van der Waals surface area contributed by atoms with E-state index < -0.39 is 31.8 Å². The molecule has 0 aliphatic rings. The largest absolute Gasteiger partial charge is 0.373 e. The average molecular weight is 454 g/mol. The molecule has 164 valence electrons. The highest BCUT2D eigenvalue weighted by Crippen LogP contribution is 2.22. The summed E-state index contributed by atoms with van der Waals surface area (Å²) in [6.07, 6.45) is 1.10. The van der Waals surface area contributed by atoms with Crippen molar-refractivity contribution < 1.29 is 21.6 Å². The molecule has 1 atom stereocenters. The second kappa shape index (κ2) is 9.59. The second-order valence-electron chi connectivity index (χ2n) is 6.74. The molecule has 2 aromatic rings. The van der Waals surface area contributed by atoms with E-state index >= 15 is 0 Å². The summed E-state index contributed by atoms with van der Waals surface area (Å²) in [5.74, 6) is -0.391. The van der Waals surface area contributed by atoms with Crippen molar-refractivity contribution in [3.63, 3.8) is 0 Å². The molecular weight excluding hydrogens is 426 g/mol. The number of carbonyl (C=O) groups is 1. The van der Waals surface area contributed by atoms with Crippen molar-refractivity contribution in [2.45, 2.75) is 36.6 Å². The van der Waals surface area contributed by atoms with Crippen LogP contribution in [0.1, 0.15) is 20.8 Å². The fourth-order valence-corrected chi connectivity index (χ4v) is 5.19. The van der Waals surface area contributed by atoms with Gasteiger partial charge in [0.15, 0.2) is 9.84 Å². The molecule has 0 heterocycles. The van der Waals surface area contributed by atoms with Crippen LogP contribution in [0.25, 0.3) is 0 Å². The van der Waals surface area contributed by atoms with E-state index in [0.717, 1.165) is 6.26 Å². The Kier molecular flexibility index (Phi) is 7.62. The standard InChI is InChI=1S/C20H27N3O5S2/c1-5-23(6-2)30(27,28)17-13-11-16(12-14-17)22-20(24)15(3)21-18-9-7-8-10-19(18)29(4,25)26/h7-15,21H,5-6H2,1-4H3,(H,22,24). The van der Waals surface area contributed by atoms with Gasteiger partial charge in [-0.05, 0) is 43.3 Å². The van der Waals surface area contributed by atoms with E-state index in [1.54, 1.807) is 39.0 Å². The fraction of sp³-hybridized carbons (Fsp3) is 0.350. The number of anilines is 2. The van der Waals surface area contributed by atoms with Gasteiger partial charge in [-0.2, -0.15) is 4.31 Å². The lowest BCUT2D eigenvalue weighted by molar-refractivity contribution is -0.116. The van der Waals surface area contributed by atoms with Crippen LogP contribution in [0.4, 0.5) is 11.4 Å². The number of para-hydroxylation sites is 1. The van der Waals surface area contributed by atoms with E-state index in [1.165, 1.54) is 34.6 Å². The Morgan fingerprint density at radius 2 is 1.53 bits per heavy atom. The molecule has 10 heteroatoms. The molecule has 8 nitrogen and oxygen atoms in total. The molecule has 0 saturated carbocycles. The van der Waals surface area contributed by atoms with Crippen molar-refractivity contribution in [3.05, 3.63) is 48.5 Å². The van der Waals surface area contributed by atoms with Gasteiger partial charge in [-0.3, -0.25) is 4.79 Å². The summed E-state index contributed by atoms with van der Waals surface area (Å²) in [6.45, 7) is 5.89. The van der Waals surface area contributed by atoms with Gasteiger partial charge in [0, 0.05) is 25.0 Å². The smallest absolute Gasteiger partial charge is 0.246 e. The minimum Gasteiger partial charge on any atom is -0.373 e. The van der Waals surface area contributed by atoms with Gasteiger partial charge in [0.05, 0.1) is 15.5 Å². The lowest BCUT2D eigenvalue weighted by Gasteiger charge is -2.19. The molecule has 0 fully saturated rings. The highest BCUT2D eigenvalue weighted by Gasteiger charge is 2.22. The van der Waals surface area contributed by atoms with Crippen molar-refractivity contribution in [1.29, 1.82) is 0 Å². The van der Waals surface area contributed by atoms with Crippen molar-refractivity contribution in [2.75, 3.05) is 30.0 Å². The molecule has 1 amide bonds. The molecule has 0 aromatic heterocycles. The molecule has 1 unspecified atom stereocenters. The van der Waals surface area contributed by atoms with Crippen LogP contribution in [-0.2, 0) is 24.7 Å². The minimum atomic E-state index is -3.57. The average Bonchev–Trinajstić information content (AvgIpc) is 2.68. The highest BCUT2D eigenvalue weighted by molar-refractivity contribution is 7.91. The molecule has 0 spiro atoms.